The molecule has 0 radical (unpaired) electrons. The van der Waals surface area contributed by atoms with E-state index >= 15 is 0 Å². The zero-order valence-electron chi connectivity index (χ0n) is 8.45. The van der Waals surface area contributed by atoms with E-state index in [2.05, 4.69) is 26.2 Å². The first-order chi connectivity index (χ1) is 8.11. The molecule has 1 aromatic heterocycles. The lowest BCUT2D eigenvalue weighted by Crippen LogP contribution is -1.96. The van der Waals surface area contributed by atoms with E-state index in [-0.39, 0.29) is 12.3 Å². The van der Waals surface area contributed by atoms with Crippen LogP contribution in [0.3, 0.4) is 0 Å². The first-order valence-corrected chi connectivity index (χ1v) is 5.37. The number of hydrogen-bond acceptors (Lipinski definition) is 5. The number of nitro benzene ring substituents is 1. The summed E-state index contributed by atoms with van der Waals surface area (Å²) in [6, 6.07) is 4.49. The number of aliphatic hydroxyl groups is 1. The van der Waals surface area contributed by atoms with E-state index in [0.717, 1.165) is 0 Å². The molecule has 0 atom stereocenters. The molecule has 2 rings (SSSR count). The van der Waals surface area contributed by atoms with E-state index in [4.69, 9.17) is 5.11 Å². The summed E-state index contributed by atoms with van der Waals surface area (Å²) in [6.07, 6.45) is 1.55. The summed E-state index contributed by atoms with van der Waals surface area (Å²) in [5, 5.41) is 27.0. The van der Waals surface area contributed by atoms with Gasteiger partial charge in [0.1, 0.15) is 5.69 Å². The maximum Gasteiger partial charge on any atom is 0.283 e. The van der Waals surface area contributed by atoms with Crippen molar-refractivity contribution in [3.05, 3.63) is 44.7 Å². The van der Waals surface area contributed by atoms with Gasteiger partial charge in [-0.2, -0.15) is 0 Å². The summed E-state index contributed by atoms with van der Waals surface area (Å²) in [7, 11) is 0. The van der Waals surface area contributed by atoms with Crippen LogP contribution in [0.25, 0.3) is 5.69 Å². The molecular formula is C9H7BrN4O3. The average Bonchev–Trinajstić information content (AvgIpc) is 2.76. The average molecular weight is 299 g/mol. The number of nitrogens with zero attached hydrogens (tertiary/aromatic N) is 4. The molecule has 0 unspecified atom stereocenters. The minimum atomic E-state index is -0.478. The summed E-state index contributed by atoms with van der Waals surface area (Å²) in [6.45, 7) is -0.200. The van der Waals surface area contributed by atoms with Gasteiger partial charge in [0.15, 0.2) is 0 Å². The Bertz CT molecular complexity index is 569. The van der Waals surface area contributed by atoms with Gasteiger partial charge >= 0.3 is 0 Å². The van der Waals surface area contributed by atoms with E-state index in [1.165, 1.54) is 10.7 Å². The lowest BCUT2D eigenvalue weighted by atomic mass is 10.3. The SMILES string of the molecule is O=[N+]([O-])c1ccc(-n2cc(CO)nn2)cc1Br. The lowest BCUT2D eigenvalue weighted by molar-refractivity contribution is -0.385. The minimum Gasteiger partial charge on any atom is -0.390 e. The van der Waals surface area contributed by atoms with Crippen LogP contribution in [0.1, 0.15) is 5.69 Å². The fraction of sp³-hybridized carbons (Fsp3) is 0.111. The molecule has 0 saturated heterocycles. The predicted octanol–water partition coefficient (Wildman–Crippen LogP) is 1.43. The van der Waals surface area contributed by atoms with Crippen LogP contribution < -0.4 is 0 Å². The van der Waals surface area contributed by atoms with Crippen molar-refractivity contribution in [2.24, 2.45) is 0 Å². The summed E-state index contributed by atoms with van der Waals surface area (Å²) >= 11 is 3.12. The number of nitro groups is 1. The van der Waals surface area contributed by atoms with Gasteiger partial charge in [-0.25, -0.2) is 4.68 Å². The molecule has 1 N–H and O–H groups in total. The van der Waals surface area contributed by atoms with Gasteiger partial charge < -0.3 is 5.11 Å². The second-order valence-electron chi connectivity index (χ2n) is 3.21. The van der Waals surface area contributed by atoms with Crippen molar-refractivity contribution in [1.29, 1.82) is 0 Å². The van der Waals surface area contributed by atoms with Crippen molar-refractivity contribution in [1.82, 2.24) is 15.0 Å². The number of aliphatic hydroxyl groups excluding tert-OH is 1. The highest BCUT2D eigenvalue weighted by Crippen LogP contribution is 2.26. The molecule has 0 spiro atoms. The molecule has 0 bridgehead atoms. The molecule has 2 aromatic rings. The van der Waals surface area contributed by atoms with Crippen molar-refractivity contribution < 1.29 is 10.0 Å². The number of rotatable bonds is 3. The molecule has 1 heterocycles. The highest BCUT2D eigenvalue weighted by Gasteiger charge is 2.12. The predicted molar refractivity (Wildman–Crippen MR) is 61.6 cm³/mol. The standard InChI is InChI=1S/C9H7BrN4O3/c10-8-3-7(1-2-9(8)14(16)17)13-4-6(5-15)11-12-13/h1-4,15H,5H2. The second-order valence-corrected chi connectivity index (χ2v) is 4.06. The molecule has 0 amide bonds. The van der Waals surface area contributed by atoms with Crippen LogP contribution in [0.2, 0.25) is 0 Å². The number of hydrogen-bond donors (Lipinski definition) is 1. The molecule has 0 aliphatic heterocycles. The van der Waals surface area contributed by atoms with Crippen LogP contribution in [0.5, 0.6) is 0 Å². The topological polar surface area (TPSA) is 94.1 Å². The van der Waals surface area contributed by atoms with Crippen molar-refractivity contribution in [2.45, 2.75) is 6.61 Å². The third kappa shape index (κ3) is 2.32. The molecule has 0 aliphatic rings. The number of benzene rings is 1. The molecule has 0 fully saturated rings. The van der Waals surface area contributed by atoms with Gasteiger partial charge in [0.25, 0.3) is 5.69 Å². The monoisotopic (exact) mass is 298 g/mol. The highest BCUT2D eigenvalue weighted by atomic mass is 79.9. The fourth-order valence-electron chi connectivity index (χ4n) is 1.28. The van der Waals surface area contributed by atoms with E-state index < -0.39 is 4.92 Å². The van der Waals surface area contributed by atoms with Gasteiger partial charge in [0.2, 0.25) is 0 Å². The van der Waals surface area contributed by atoms with Crippen LogP contribution in [0.4, 0.5) is 5.69 Å². The largest absolute Gasteiger partial charge is 0.390 e. The molecule has 88 valence electrons. The number of halogens is 1. The van der Waals surface area contributed by atoms with Crippen molar-refractivity contribution in [3.63, 3.8) is 0 Å². The Balaban J connectivity index is 2.40. The van der Waals surface area contributed by atoms with Crippen LogP contribution in [-0.2, 0) is 6.61 Å². The smallest absolute Gasteiger partial charge is 0.283 e. The van der Waals surface area contributed by atoms with Gasteiger partial charge in [-0.1, -0.05) is 5.21 Å². The van der Waals surface area contributed by atoms with Gasteiger partial charge in [-0.05, 0) is 28.1 Å². The summed E-state index contributed by atoms with van der Waals surface area (Å²) in [5.74, 6) is 0. The molecule has 17 heavy (non-hydrogen) atoms. The van der Waals surface area contributed by atoms with Crippen molar-refractivity contribution in [2.75, 3.05) is 0 Å². The Labute approximate surface area is 104 Å². The summed E-state index contributed by atoms with van der Waals surface area (Å²) in [5.41, 5.74) is 1.03. The molecule has 1 aromatic carbocycles. The Morgan fingerprint density at radius 1 is 1.53 bits per heavy atom. The van der Waals surface area contributed by atoms with Crippen molar-refractivity contribution in [3.8, 4) is 5.69 Å². The number of aromatic nitrogens is 3. The summed E-state index contributed by atoms with van der Waals surface area (Å²) < 4.78 is 1.79. The Hall–Kier alpha value is -1.80. The highest BCUT2D eigenvalue weighted by molar-refractivity contribution is 9.10. The maximum absolute atomic E-state index is 10.6. The van der Waals surface area contributed by atoms with Gasteiger partial charge in [-0.15, -0.1) is 5.10 Å². The van der Waals surface area contributed by atoms with Gasteiger partial charge in [0.05, 0.1) is 27.9 Å². The molecule has 0 saturated carbocycles. The Morgan fingerprint density at radius 3 is 2.82 bits per heavy atom. The third-order valence-electron chi connectivity index (χ3n) is 2.10. The van der Waals surface area contributed by atoms with Crippen LogP contribution >= 0.6 is 15.9 Å². The van der Waals surface area contributed by atoms with E-state index in [0.29, 0.717) is 15.9 Å². The fourth-order valence-corrected chi connectivity index (χ4v) is 1.79. The van der Waals surface area contributed by atoms with Crippen molar-refractivity contribution >= 4 is 21.6 Å². The zero-order valence-corrected chi connectivity index (χ0v) is 10.0. The zero-order chi connectivity index (χ0) is 12.4. The normalized spacial score (nSPS) is 10.5. The minimum absolute atomic E-state index is 0.0174. The molecular weight excluding hydrogens is 292 g/mol. The van der Waals surface area contributed by atoms with E-state index in [9.17, 15) is 10.1 Å². The first-order valence-electron chi connectivity index (χ1n) is 4.58. The van der Waals surface area contributed by atoms with Crippen LogP contribution in [0, 0.1) is 10.1 Å². The first kappa shape index (κ1) is 11.7. The van der Waals surface area contributed by atoms with Gasteiger partial charge in [0, 0.05) is 6.07 Å². The van der Waals surface area contributed by atoms with E-state index in [1.807, 2.05) is 0 Å². The maximum atomic E-state index is 10.6. The van der Waals surface area contributed by atoms with Gasteiger partial charge in [-0.3, -0.25) is 10.1 Å². The Kier molecular flexibility index (Phi) is 3.16. The molecule has 0 aliphatic carbocycles. The molecule has 8 heteroatoms. The quantitative estimate of drug-likeness (QED) is 0.683. The Morgan fingerprint density at radius 2 is 2.29 bits per heavy atom. The molecule has 7 nitrogen and oxygen atoms in total. The van der Waals surface area contributed by atoms with E-state index in [1.54, 1.807) is 18.3 Å². The third-order valence-corrected chi connectivity index (χ3v) is 2.73. The lowest BCUT2D eigenvalue weighted by Gasteiger charge is -2.01. The second kappa shape index (κ2) is 4.60. The van der Waals surface area contributed by atoms with Crippen LogP contribution in [0.15, 0.2) is 28.9 Å². The summed E-state index contributed by atoms with van der Waals surface area (Å²) in [4.78, 5) is 10.1. The van der Waals surface area contributed by atoms with Crippen LogP contribution in [-0.4, -0.2) is 25.0 Å².